The fraction of sp³-hybridized carbons (Fsp3) is 0.444. The van der Waals surface area contributed by atoms with Gasteiger partial charge in [0.05, 0.1) is 34.3 Å². The molecular formula is C27H28ClF3N2O3. The number of ether oxygens (including phenoxy) is 1. The lowest BCUT2D eigenvalue weighted by molar-refractivity contribution is -0.139. The molecule has 0 spiro atoms. The van der Waals surface area contributed by atoms with Crippen LogP contribution in [0.25, 0.3) is 10.9 Å². The van der Waals surface area contributed by atoms with Crippen LogP contribution in [0.2, 0.25) is 5.02 Å². The number of aliphatic carboxylic acids is 1. The molecule has 2 aliphatic rings. The number of aromatic nitrogens is 1. The number of alkyl halides is 3. The first-order valence-electron chi connectivity index (χ1n) is 12.2. The van der Waals surface area contributed by atoms with Crippen molar-refractivity contribution in [1.82, 2.24) is 9.47 Å². The van der Waals surface area contributed by atoms with Crippen molar-refractivity contribution in [2.24, 2.45) is 0 Å². The molecular weight excluding hydrogens is 493 g/mol. The van der Waals surface area contributed by atoms with Crippen LogP contribution < -0.4 is 4.74 Å². The van der Waals surface area contributed by atoms with Crippen molar-refractivity contribution in [3.05, 3.63) is 63.8 Å². The van der Waals surface area contributed by atoms with E-state index < -0.39 is 17.7 Å². The van der Waals surface area contributed by atoms with Gasteiger partial charge in [0.2, 0.25) is 0 Å². The minimum Gasteiger partial charge on any atom is -0.489 e. The molecule has 2 heterocycles. The highest BCUT2D eigenvalue weighted by molar-refractivity contribution is 6.36. The largest absolute Gasteiger partial charge is 0.489 e. The third-order valence-electron chi connectivity index (χ3n) is 7.53. The molecule has 9 heteroatoms. The van der Waals surface area contributed by atoms with Crippen LogP contribution in [0.3, 0.4) is 0 Å². The number of benzene rings is 2. The molecule has 0 saturated heterocycles. The number of hydrogen-bond acceptors (Lipinski definition) is 3. The topological polar surface area (TPSA) is 54.7 Å². The van der Waals surface area contributed by atoms with Gasteiger partial charge >= 0.3 is 12.1 Å². The van der Waals surface area contributed by atoms with E-state index in [4.69, 9.17) is 16.3 Å². The predicted molar refractivity (Wildman–Crippen MR) is 132 cm³/mol. The smallest absolute Gasteiger partial charge is 0.416 e. The summed E-state index contributed by atoms with van der Waals surface area (Å²) >= 11 is 6.74. The van der Waals surface area contributed by atoms with Crippen molar-refractivity contribution >= 4 is 28.5 Å². The number of carbonyl (C=O) groups is 1. The van der Waals surface area contributed by atoms with Gasteiger partial charge in [-0.25, -0.2) is 0 Å². The molecule has 36 heavy (non-hydrogen) atoms. The summed E-state index contributed by atoms with van der Waals surface area (Å²) in [6.45, 7) is 1.37. The fourth-order valence-electron chi connectivity index (χ4n) is 5.71. The third kappa shape index (κ3) is 4.68. The maximum atomic E-state index is 13.8. The first kappa shape index (κ1) is 25.0. The monoisotopic (exact) mass is 520 g/mol. The zero-order valence-corrected chi connectivity index (χ0v) is 20.7. The third-order valence-corrected chi connectivity index (χ3v) is 7.92. The molecule has 0 amide bonds. The van der Waals surface area contributed by atoms with Crippen molar-refractivity contribution in [1.29, 1.82) is 0 Å². The average molecular weight is 521 g/mol. The summed E-state index contributed by atoms with van der Waals surface area (Å²) in [7, 11) is 1.88. The lowest BCUT2D eigenvalue weighted by Crippen LogP contribution is -2.36. The molecule has 0 unspecified atom stereocenters. The van der Waals surface area contributed by atoms with E-state index in [0.29, 0.717) is 35.0 Å². The predicted octanol–water partition coefficient (Wildman–Crippen LogP) is 7.01. The Bertz CT molecular complexity index is 1300. The van der Waals surface area contributed by atoms with E-state index in [1.807, 2.05) is 22.6 Å². The van der Waals surface area contributed by atoms with Crippen LogP contribution >= 0.6 is 11.6 Å². The van der Waals surface area contributed by atoms with Crippen LogP contribution in [-0.4, -0.2) is 34.1 Å². The van der Waals surface area contributed by atoms with Crippen LogP contribution in [0.5, 0.6) is 5.75 Å². The Hall–Kier alpha value is -2.71. The summed E-state index contributed by atoms with van der Waals surface area (Å²) < 4.78 is 49.4. The molecule has 5 nitrogen and oxygen atoms in total. The molecule has 192 valence electrons. The molecule has 1 fully saturated rings. The van der Waals surface area contributed by atoms with Gasteiger partial charge in [-0.15, -0.1) is 0 Å². The second-order valence-electron chi connectivity index (χ2n) is 9.81. The van der Waals surface area contributed by atoms with Crippen molar-refractivity contribution in [2.45, 2.75) is 63.4 Å². The van der Waals surface area contributed by atoms with Crippen molar-refractivity contribution in [2.75, 3.05) is 13.6 Å². The molecule has 0 bridgehead atoms. The number of hydrogen-bond donors (Lipinski definition) is 1. The molecule has 1 saturated carbocycles. The maximum Gasteiger partial charge on any atom is 0.416 e. The Morgan fingerprint density at radius 1 is 1.14 bits per heavy atom. The molecule has 1 atom stereocenters. The van der Waals surface area contributed by atoms with Gasteiger partial charge in [0.15, 0.2) is 0 Å². The van der Waals surface area contributed by atoms with Gasteiger partial charge in [-0.2, -0.15) is 13.2 Å². The Kier molecular flexibility index (Phi) is 6.68. The first-order valence-corrected chi connectivity index (χ1v) is 12.6. The molecule has 2 aromatic carbocycles. The Balaban J connectivity index is 1.41. The lowest BCUT2D eigenvalue weighted by atomic mass is 9.91. The second kappa shape index (κ2) is 9.63. The number of carboxylic acids is 1. The number of rotatable bonds is 6. The van der Waals surface area contributed by atoms with E-state index in [2.05, 4.69) is 0 Å². The Morgan fingerprint density at radius 3 is 2.58 bits per heavy atom. The molecule has 1 aliphatic carbocycles. The number of likely N-dealkylation sites (N-methyl/N-ethyl adjacent to an activating group) is 1. The van der Waals surface area contributed by atoms with Gasteiger partial charge in [0, 0.05) is 18.5 Å². The summed E-state index contributed by atoms with van der Waals surface area (Å²) in [6.07, 6.45) is -0.946. The lowest BCUT2D eigenvalue weighted by Gasteiger charge is -2.33. The second-order valence-corrected chi connectivity index (χ2v) is 10.2. The van der Waals surface area contributed by atoms with E-state index in [9.17, 15) is 23.1 Å². The van der Waals surface area contributed by atoms with Crippen LogP contribution in [0.15, 0.2) is 36.4 Å². The highest BCUT2D eigenvalue weighted by atomic mass is 35.5. The minimum atomic E-state index is -4.41. The van der Waals surface area contributed by atoms with Crippen LogP contribution in [-0.2, 0) is 24.1 Å². The summed E-state index contributed by atoms with van der Waals surface area (Å²) in [5, 5.41) is 10.6. The molecule has 1 N–H and O–H groups in total. The first-order chi connectivity index (χ1) is 17.1. The van der Waals surface area contributed by atoms with Gasteiger partial charge in [0.25, 0.3) is 0 Å². The number of nitrogens with zero attached hydrogens (tertiary/aromatic N) is 2. The van der Waals surface area contributed by atoms with Crippen molar-refractivity contribution < 1.29 is 27.8 Å². The average Bonchev–Trinajstić information content (AvgIpc) is 3.46. The van der Waals surface area contributed by atoms with Crippen molar-refractivity contribution in [3.8, 4) is 5.75 Å². The van der Waals surface area contributed by atoms with Crippen LogP contribution in [0.4, 0.5) is 13.2 Å². The van der Waals surface area contributed by atoms with Crippen molar-refractivity contribution in [3.63, 3.8) is 0 Å². The molecule has 1 aliphatic heterocycles. The summed E-state index contributed by atoms with van der Waals surface area (Å²) in [6, 6.07) is 9.61. The quantitative estimate of drug-likeness (QED) is 0.380. The summed E-state index contributed by atoms with van der Waals surface area (Å²) in [4.78, 5) is 13.4. The zero-order valence-electron chi connectivity index (χ0n) is 19.9. The fourth-order valence-corrected chi connectivity index (χ4v) is 6.09. The SMILES string of the molecule is CN1CCn2c(c(Cl)c3cc(OCc4ccc(C5CCCC5)c(C(F)(F)F)c4)ccc32)[C@H]1CC(=O)O. The zero-order chi connectivity index (χ0) is 25.6. The summed E-state index contributed by atoms with van der Waals surface area (Å²) in [5.74, 6) is -0.447. The Morgan fingerprint density at radius 2 is 1.89 bits per heavy atom. The normalized spacial score (nSPS) is 19.1. The standard InChI is InChI=1S/C27H28ClF3N2O3/c1-32-10-11-33-22-9-7-18(13-20(22)25(28)26(33)23(32)14-24(34)35)36-15-16-6-8-19(17-4-2-3-5-17)21(12-16)27(29,30)31/h6-9,12-13,17,23H,2-5,10-11,14-15H2,1H3,(H,34,35)/t23-/m1/s1. The summed E-state index contributed by atoms with van der Waals surface area (Å²) in [5.41, 5.74) is 1.91. The number of fused-ring (bicyclic) bond motifs is 3. The van der Waals surface area contributed by atoms with Gasteiger partial charge in [-0.1, -0.05) is 36.6 Å². The Labute approximate surface area is 212 Å². The van der Waals surface area contributed by atoms with Gasteiger partial charge in [-0.3, -0.25) is 9.69 Å². The highest BCUT2D eigenvalue weighted by Crippen LogP contribution is 2.43. The van der Waals surface area contributed by atoms with E-state index in [-0.39, 0.29) is 25.0 Å². The molecule has 0 radical (unpaired) electrons. The maximum absolute atomic E-state index is 13.8. The van der Waals surface area contributed by atoms with Crippen LogP contribution in [0, 0.1) is 0 Å². The van der Waals surface area contributed by atoms with Gasteiger partial charge < -0.3 is 14.4 Å². The van der Waals surface area contributed by atoms with E-state index in [0.717, 1.165) is 42.3 Å². The minimum absolute atomic E-state index is 0.00487. The molecule has 5 rings (SSSR count). The molecule has 1 aromatic heterocycles. The molecule has 3 aromatic rings. The van der Waals surface area contributed by atoms with E-state index >= 15 is 0 Å². The van der Waals surface area contributed by atoms with Gasteiger partial charge in [-0.05, 0) is 61.2 Å². The van der Waals surface area contributed by atoms with E-state index in [1.54, 1.807) is 24.3 Å². The van der Waals surface area contributed by atoms with Gasteiger partial charge in [0.1, 0.15) is 12.4 Å². The number of halogens is 4. The van der Waals surface area contributed by atoms with E-state index in [1.165, 1.54) is 6.07 Å². The number of carboxylic acid groups (broad SMARTS) is 1. The van der Waals surface area contributed by atoms with Crippen LogP contribution in [0.1, 0.15) is 66.4 Å². The highest BCUT2D eigenvalue weighted by Gasteiger charge is 2.36.